The molecule has 0 saturated carbocycles. The summed E-state index contributed by atoms with van der Waals surface area (Å²) in [5, 5.41) is 12.7. The lowest BCUT2D eigenvalue weighted by Gasteiger charge is -2.35. The third-order valence-corrected chi connectivity index (χ3v) is 5.66. The number of carbonyl (C=O) groups excluding carboxylic acids is 1. The molecule has 1 amide bonds. The van der Waals surface area contributed by atoms with E-state index in [-0.39, 0.29) is 5.91 Å². The second-order valence-electron chi connectivity index (χ2n) is 6.29. The predicted molar refractivity (Wildman–Crippen MR) is 102 cm³/mol. The Morgan fingerprint density at radius 3 is 2.31 bits per heavy atom. The maximum Gasteiger partial charge on any atom is 0.237 e. The molecule has 132 valence electrons. The second kappa shape index (κ2) is 7.35. The maximum absolute atomic E-state index is 13.2. The summed E-state index contributed by atoms with van der Waals surface area (Å²) in [6.45, 7) is 1.15. The van der Waals surface area contributed by atoms with Gasteiger partial charge in [-0.25, -0.2) is 0 Å². The van der Waals surface area contributed by atoms with E-state index in [1.54, 1.807) is 0 Å². The molecular weight excluding hydrogens is 346 g/mol. The van der Waals surface area contributed by atoms with Gasteiger partial charge in [-0.05, 0) is 18.4 Å². The minimum Gasteiger partial charge on any atom is -0.381 e. The van der Waals surface area contributed by atoms with Crippen molar-refractivity contribution in [2.75, 3.05) is 18.5 Å². The molecule has 0 radical (unpaired) electrons. The van der Waals surface area contributed by atoms with Crippen LogP contribution < -0.4 is 5.32 Å². The molecule has 4 rings (SSSR count). The van der Waals surface area contributed by atoms with Crippen LogP contribution in [0.5, 0.6) is 0 Å². The molecule has 1 aliphatic heterocycles. The van der Waals surface area contributed by atoms with Gasteiger partial charge in [-0.2, -0.15) is 0 Å². The third-order valence-electron chi connectivity index (χ3n) is 4.77. The van der Waals surface area contributed by atoms with Gasteiger partial charge < -0.3 is 4.74 Å². The molecule has 2 aromatic carbocycles. The average molecular weight is 365 g/mol. The number of aromatic nitrogens is 2. The molecule has 6 heteroatoms. The Morgan fingerprint density at radius 1 is 0.962 bits per heavy atom. The molecule has 0 bridgehead atoms. The molecule has 1 saturated heterocycles. The first kappa shape index (κ1) is 16.9. The normalized spacial score (nSPS) is 16.2. The van der Waals surface area contributed by atoms with Crippen molar-refractivity contribution in [1.82, 2.24) is 10.2 Å². The number of amides is 1. The van der Waals surface area contributed by atoms with Crippen LogP contribution in [0.2, 0.25) is 0 Å². The quantitative estimate of drug-likeness (QED) is 0.762. The van der Waals surface area contributed by atoms with Gasteiger partial charge in [0.1, 0.15) is 5.01 Å². The number of benzene rings is 2. The van der Waals surface area contributed by atoms with Crippen molar-refractivity contribution < 1.29 is 9.53 Å². The van der Waals surface area contributed by atoms with Crippen molar-refractivity contribution in [3.63, 3.8) is 0 Å². The van der Waals surface area contributed by atoms with E-state index in [1.165, 1.54) is 11.3 Å². The standard InChI is InChI=1S/C20H19N3O2S/c24-18(20(11-13-25-14-12-20)16-9-5-2-6-10-16)21-19-23-22-17(26-19)15-7-3-1-4-8-15/h1-10H,11-14H2,(H,21,23,24). The Labute approximate surface area is 156 Å². The molecule has 1 N–H and O–H groups in total. The van der Waals surface area contributed by atoms with E-state index in [4.69, 9.17) is 4.74 Å². The summed E-state index contributed by atoms with van der Waals surface area (Å²) in [5.74, 6) is -0.0391. The SMILES string of the molecule is O=C(Nc1nnc(-c2ccccc2)s1)C1(c2ccccc2)CCOCC1. The zero-order chi connectivity index (χ0) is 17.8. The van der Waals surface area contributed by atoms with Gasteiger partial charge >= 0.3 is 0 Å². The van der Waals surface area contributed by atoms with Crippen LogP contribution in [0.15, 0.2) is 60.7 Å². The summed E-state index contributed by atoms with van der Waals surface area (Å²) >= 11 is 1.39. The topological polar surface area (TPSA) is 64.1 Å². The largest absolute Gasteiger partial charge is 0.381 e. The van der Waals surface area contributed by atoms with Gasteiger partial charge in [-0.15, -0.1) is 10.2 Å². The number of hydrogen-bond donors (Lipinski definition) is 1. The van der Waals surface area contributed by atoms with Gasteiger partial charge in [-0.3, -0.25) is 10.1 Å². The lowest BCUT2D eigenvalue weighted by molar-refractivity contribution is -0.125. The summed E-state index contributed by atoms with van der Waals surface area (Å²) in [7, 11) is 0. The highest BCUT2D eigenvalue weighted by Gasteiger charge is 2.42. The molecule has 3 aromatic rings. The number of hydrogen-bond acceptors (Lipinski definition) is 5. The van der Waals surface area contributed by atoms with Gasteiger partial charge in [0.05, 0.1) is 5.41 Å². The van der Waals surface area contributed by atoms with Crippen molar-refractivity contribution in [3.05, 3.63) is 66.2 Å². The molecule has 5 nitrogen and oxygen atoms in total. The molecule has 0 spiro atoms. The second-order valence-corrected chi connectivity index (χ2v) is 7.27. The number of carbonyl (C=O) groups is 1. The fourth-order valence-electron chi connectivity index (χ4n) is 3.31. The van der Waals surface area contributed by atoms with Crippen molar-refractivity contribution in [1.29, 1.82) is 0 Å². The van der Waals surface area contributed by atoms with E-state index in [0.29, 0.717) is 31.2 Å². The van der Waals surface area contributed by atoms with E-state index in [0.717, 1.165) is 16.1 Å². The predicted octanol–water partition coefficient (Wildman–Crippen LogP) is 3.89. The van der Waals surface area contributed by atoms with Crippen LogP contribution in [-0.4, -0.2) is 29.3 Å². The molecule has 1 fully saturated rings. The molecule has 0 atom stereocenters. The van der Waals surface area contributed by atoms with Crippen molar-refractivity contribution in [2.45, 2.75) is 18.3 Å². The molecule has 0 unspecified atom stereocenters. The van der Waals surface area contributed by atoms with E-state index >= 15 is 0 Å². The minimum atomic E-state index is -0.585. The summed E-state index contributed by atoms with van der Waals surface area (Å²) in [4.78, 5) is 13.2. The molecule has 0 aliphatic carbocycles. The number of rotatable bonds is 4. The lowest BCUT2D eigenvalue weighted by atomic mass is 9.73. The molecule has 2 heterocycles. The van der Waals surface area contributed by atoms with Gasteiger partial charge in [-0.1, -0.05) is 72.0 Å². The maximum atomic E-state index is 13.2. The van der Waals surface area contributed by atoms with E-state index in [9.17, 15) is 4.79 Å². The van der Waals surface area contributed by atoms with Gasteiger partial charge in [0.15, 0.2) is 0 Å². The van der Waals surface area contributed by atoms with Crippen LogP contribution in [-0.2, 0) is 14.9 Å². The fraction of sp³-hybridized carbons (Fsp3) is 0.250. The van der Waals surface area contributed by atoms with Crippen LogP contribution in [0.1, 0.15) is 18.4 Å². The number of anilines is 1. The summed E-state index contributed by atoms with van der Waals surface area (Å²) in [5.41, 5.74) is 1.43. The lowest BCUT2D eigenvalue weighted by Crippen LogP contribution is -2.44. The monoisotopic (exact) mass is 365 g/mol. The van der Waals surface area contributed by atoms with E-state index in [2.05, 4.69) is 15.5 Å². The Bertz CT molecular complexity index is 874. The summed E-state index contributed by atoms with van der Waals surface area (Å²) in [6, 6.07) is 19.8. The Balaban J connectivity index is 1.59. The number of ether oxygens (including phenoxy) is 1. The Kier molecular flexibility index (Phi) is 4.77. The first-order valence-corrected chi connectivity index (χ1v) is 9.43. The minimum absolute atomic E-state index is 0.0391. The number of nitrogens with one attached hydrogen (secondary N) is 1. The highest BCUT2D eigenvalue weighted by molar-refractivity contribution is 7.18. The van der Waals surface area contributed by atoms with Crippen LogP contribution >= 0.6 is 11.3 Å². The van der Waals surface area contributed by atoms with E-state index < -0.39 is 5.41 Å². The zero-order valence-corrected chi connectivity index (χ0v) is 15.0. The molecule has 1 aromatic heterocycles. The smallest absolute Gasteiger partial charge is 0.237 e. The summed E-state index contributed by atoms with van der Waals surface area (Å²) in [6.07, 6.45) is 1.32. The summed E-state index contributed by atoms with van der Waals surface area (Å²) < 4.78 is 5.50. The molecule has 1 aliphatic rings. The van der Waals surface area contributed by atoms with Crippen LogP contribution in [0.25, 0.3) is 10.6 Å². The zero-order valence-electron chi connectivity index (χ0n) is 14.2. The van der Waals surface area contributed by atoms with Crippen LogP contribution in [0.4, 0.5) is 5.13 Å². The van der Waals surface area contributed by atoms with Crippen LogP contribution in [0, 0.1) is 0 Å². The molecular formula is C20H19N3O2S. The van der Waals surface area contributed by atoms with Gasteiger partial charge in [0.25, 0.3) is 0 Å². The average Bonchev–Trinajstić information content (AvgIpc) is 3.18. The molecule has 26 heavy (non-hydrogen) atoms. The fourth-order valence-corrected chi connectivity index (χ4v) is 4.06. The first-order chi connectivity index (χ1) is 12.8. The van der Waals surface area contributed by atoms with Gasteiger partial charge in [0, 0.05) is 18.8 Å². The highest BCUT2D eigenvalue weighted by Crippen LogP contribution is 2.36. The van der Waals surface area contributed by atoms with E-state index in [1.807, 2.05) is 60.7 Å². The van der Waals surface area contributed by atoms with Crippen molar-refractivity contribution in [2.24, 2.45) is 0 Å². The third kappa shape index (κ3) is 3.25. The Hall–Kier alpha value is -2.57. The highest BCUT2D eigenvalue weighted by atomic mass is 32.1. The van der Waals surface area contributed by atoms with Crippen molar-refractivity contribution in [3.8, 4) is 10.6 Å². The Morgan fingerprint density at radius 2 is 1.62 bits per heavy atom. The van der Waals surface area contributed by atoms with Crippen LogP contribution in [0.3, 0.4) is 0 Å². The van der Waals surface area contributed by atoms with Crippen molar-refractivity contribution >= 4 is 22.4 Å². The first-order valence-electron chi connectivity index (χ1n) is 8.62. The van der Waals surface area contributed by atoms with Gasteiger partial charge in [0.2, 0.25) is 11.0 Å². The number of nitrogens with zero attached hydrogens (tertiary/aromatic N) is 2.